The van der Waals surface area contributed by atoms with Crippen LogP contribution in [0.15, 0.2) is 70.8 Å². The Labute approximate surface area is 175 Å². The highest BCUT2D eigenvalue weighted by Gasteiger charge is 2.23. The molecule has 2 aromatic heterocycles. The Bertz CT molecular complexity index is 1280. The Morgan fingerprint density at radius 1 is 1.21 bits per heavy atom. The lowest BCUT2D eigenvalue weighted by Gasteiger charge is -2.02. The minimum absolute atomic E-state index is 0.170. The Balaban J connectivity index is 1.92. The van der Waals surface area contributed by atoms with E-state index in [1.54, 1.807) is 12.3 Å². The smallest absolute Gasteiger partial charge is 0.257 e. The molecule has 29 heavy (non-hydrogen) atoms. The molecule has 2 heterocycles. The number of nitrogens with zero attached hydrogens (tertiary/aromatic N) is 4. The number of benzene rings is 2. The van der Waals surface area contributed by atoms with Gasteiger partial charge >= 0.3 is 0 Å². The zero-order valence-electron chi connectivity index (χ0n) is 15.3. The number of carbonyl (C=O) groups excluding carboxylic acids is 1. The number of carbonyl (C=O) groups is 1. The summed E-state index contributed by atoms with van der Waals surface area (Å²) in [4.78, 5) is 22.0. The molecule has 144 valence electrons. The van der Waals surface area contributed by atoms with E-state index in [4.69, 9.17) is 5.73 Å². The minimum atomic E-state index is -0.353. The minimum Gasteiger partial charge on any atom is -0.383 e. The van der Waals surface area contributed by atoms with Gasteiger partial charge in [0, 0.05) is 11.0 Å². The molecule has 0 unspecified atom stereocenters. The average molecular weight is 449 g/mol. The zero-order valence-corrected chi connectivity index (χ0v) is 16.9. The fourth-order valence-corrected chi connectivity index (χ4v) is 3.37. The van der Waals surface area contributed by atoms with Crippen molar-refractivity contribution in [3.8, 4) is 0 Å². The Morgan fingerprint density at radius 2 is 1.97 bits per heavy atom. The molecule has 8 heteroatoms. The van der Waals surface area contributed by atoms with E-state index in [0.29, 0.717) is 28.7 Å². The van der Waals surface area contributed by atoms with Crippen LogP contribution in [-0.4, -0.2) is 33.3 Å². The average Bonchev–Trinajstić information content (AvgIpc) is 2.99. The standard InChI is InChI=1S/C21H17BrN6O/c1-2-10-24-21(29)17-18-20(27-16-9-4-3-8-15(16)26-18)28(19(17)23)25-12-13-6-5-7-14(22)11-13/h2-9,11-12H,1,10,23H2,(H,24,29). The molecule has 0 fully saturated rings. The highest BCUT2D eigenvalue weighted by molar-refractivity contribution is 9.10. The van der Waals surface area contributed by atoms with Crippen LogP contribution < -0.4 is 11.1 Å². The molecule has 1 amide bonds. The maximum atomic E-state index is 12.7. The number of hydrogen-bond acceptors (Lipinski definition) is 5. The molecule has 0 bridgehead atoms. The predicted octanol–water partition coefficient (Wildman–Crippen LogP) is 3.73. The van der Waals surface area contributed by atoms with Gasteiger partial charge in [-0.15, -0.1) is 6.58 Å². The number of hydrogen-bond donors (Lipinski definition) is 2. The second kappa shape index (κ2) is 7.84. The summed E-state index contributed by atoms with van der Waals surface area (Å²) in [5.41, 5.74) is 9.60. The number of amides is 1. The molecular formula is C21H17BrN6O. The highest BCUT2D eigenvalue weighted by Crippen LogP contribution is 2.27. The Kier molecular flexibility index (Phi) is 5.09. The summed E-state index contributed by atoms with van der Waals surface area (Å²) in [6, 6.07) is 15.1. The summed E-state index contributed by atoms with van der Waals surface area (Å²) < 4.78 is 2.38. The SMILES string of the molecule is C=CCNC(=O)c1c(N)n(N=Cc2cccc(Br)c2)c2nc3ccccc3nc12. The van der Waals surface area contributed by atoms with Crippen molar-refractivity contribution in [2.75, 3.05) is 12.3 Å². The van der Waals surface area contributed by atoms with Crippen molar-refractivity contribution >= 4 is 56.1 Å². The molecule has 0 aliphatic rings. The number of nitrogen functional groups attached to an aromatic ring is 1. The van der Waals surface area contributed by atoms with Crippen LogP contribution >= 0.6 is 15.9 Å². The summed E-state index contributed by atoms with van der Waals surface area (Å²) >= 11 is 3.44. The number of anilines is 1. The summed E-state index contributed by atoms with van der Waals surface area (Å²) in [5.74, 6) is -0.184. The van der Waals surface area contributed by atoms with Crippen LogP contribution in [-0.2, 0) is 0 Å². The third-order valence-electron chi connectivity index (χ3n) is 4.28. The van der Waals surface area contributed by atoms with Crippen LogP contribution in [0.4, 0.5) is 5.82 Å². The van der Waals surface area contributed by atoms with Crippen molar-refractivity contribution in [2.24, 2.45) is 5.10 Å². The van der Waals surface area contributed by atoms with Gasteiger partial charge in [-0.05, 0) is 29.8 Å². The maximum absolute atomic E-state index is 12.7. The molecule has 0 spiro atoms. The molecule has 4 rings (SSSR count). The van der Waals surface area contributed by atoms with Gasteiger partial charge < -0.3 is 11.1 Å². The topological polar surface area (TPSA) is 98.2 Å². The van der Waals surface area contributed by atoms with Gasteiger partial charge in [0.05, 0.1) is 17.2 Å². The van der Waals surface area contributed by atoms with Gasteiger partial charge in [0.1, 0.15) is 16.9 Å². The molecule has 4 aromatic rings. The first-order chi connectivity index (χ1) is 14.1. The number of nitrogens with one attached hydrogen (secondary N) is 1. The fraction of sp³-hybridized carbons (Fsp3) is 0.0476. The summed E-state index contributed by atoms with van der Waals surface area (Å²) in [5, 5.41) is 7.23. The number of para-hydroxylation sites is 2. The monoisotopic (exact) mass is 448 g/mol. The van der Waals surface area contributed by atoms with Gasteiger partial charge in [0.2, 0.25) is 0 Å². The van der Waals surface area contributed by atoms with Crippen LogP contribution in [0, 0.1) is 0 Å². The lowest BCUT2D eigenvalue weighted by molar-refractivity contribution is 0.0960. The van der Waals surface area contributed by atoms with E-state index in [2.05, 4.69) is 42.9 Å². The molecule has 0 aliphatic heterocycles. The second-order valence-corrected chi connectivity index (χ2v) is 7.17. The van der Waals surface area contributed by atoms with Gasteiger partial charge in [-0.2, -0.15) is 9.78 Å². The molecule has 0 atom stereocenters. The third kappa shape index (κ3) is 3.62. The molecule has 0 saturated carbocycles. The van der Waals surface area contributed by atoms with E-state index in [-0.39, 0.29) is 17.3 Å². The quantitative estimate of drug-likeness (QED) is 0.358. The fourth-order valence-electron chi connectivity index (χ4n) is 2.95. The van der Waals surface area contributed by atoms with Gasteiger partial charge in [-0.25, -0.2) is 9.97 Å². The van der Waals surface area contributed by atoms with Crippen molar-refractivity contribution in [2.45, 2.75) is 0 Å². The van der Waals surface area contributed by atoms with E-state index in [9.17, 15) is 4.79 Å². The lowest BCUT2D eigenvalue weighted by Crippen LogP contribution is -2.24. The van der Waals surface area contributed by atoms with Gasteiger partial charge in [-0.3, -0.25) is 4.79 Å². The predicted molar refractivity (Wildman–Crippen MR) is 119 cm³/mol. The first kappa shape index (κ1) is 18.8. The Hall–Kier alpha value is -3.52. The lowest BCUT2D eigenvalue weighted by atomic mass is 10.2. The van der Waals surface area contributed by atoms with E-state index < -0.39 is 0 Å². The molecule has 0 saturated heterocycles. The van der Waals surface area contributed by atoms with Gasteiger partial charge in [0.25, 0.3) is 5.91 Å². The summed E-state index contributed by atoms with van der Waals surface area (Å²) in [7, 11) is 0. The number of rotatable bonds is 5. The largest absolute Gasteiger partial charge is 0.383 e. The molecule has 0 radical (unpaired) electrons. The Morgan fingerprint density at radius 3 is 2.69 bits per heavy atom. The summed E-state index contributed by atoms with van der Waals surface area (Å²) in [6.45, 7) is 3.93. The number of fused-ring (bicyclic) bond motifs is 2. The molecule has 0 aliphatic carbocycles. The number of nitrogens with two attached hydrogens (primary N) is 1. The van der Waals surface area contributed by atoms with Crippen molar-refractivity contribution in [1.82, 2.24) is 20.0 Å². The van der Waals surface area contributed by atoms with E-state index in [1.807, 2.05) is 48.5 Å². The van der Waals surface area contributed by atoms with E-state index in [0.717, 1.165) is 10.0 Å². The highest BCUT2D eigenvalue weighted by atomic mass is 79.9. The normalized spacial score (nSPS) is 11.3. The maximum Gasteiger partial charge on any atom is 0.257 e. The number of halogens is 1. The molecule has 2 aromatic carbocycles. The van der Waals surface area contributed by atoms with Gasteiger partial charge in [0.15, 0.2) is 5.65 Å². The molecular weight excluding hydrogens is 432 g/mol. The van der Waals surface area contributed by atoms with Crippen molar-refractivity contribution in [3.63, 3.8) is 0 Å². The van der Waals surface area contributed by atoms with Crippen molar-refractivity contribution < 1.29 is 4.79 Å². The first-order valence-electron chi connectivity index (χ1n) is 8.84. The first-order valence-corrected chi connectivity index (χ1v) is 9.63. The van der Waals surface area contributed by atoms with E-state index >= 15 is 0 Å². The third-order valence-corrected chi connectivity index (χ3v) is 4.77. The second-order valence-electron chi connectivity index (χ2n) is 6.25. The molecule has 3 N–H and O–H groups in total. The van der Waals surface area contributed by atoms with Crippen LogP contribution in [0.3, 0.4) is 0 Å². The van der Waals surface area contributed by atoms with Gasteiger partial charge in [-0.1, -0.05) is 46.3 Å². The summed E-state index contributed by atoms with van der Waals surface area (Å²) in [6.07, 6.45) is 3.25. The van der Waals surface area contributed by atoms with Crippen LogP contribution in [0.5, 0.6) is 0 Å². The van der Waals surface area contributed by atoms with Crippen molar-refractivity contribution in [1.29, 1.82) is 0 Å². The van der Waals surface area contributed by atoms with Crippen LogP contribution in [0.25, 0.3) is 22.2 Å². The van der Waals surface area contributed by atoms with Crippen LogP contribution in [0.2, 0.25) is 0 Å². The zero-order chi connectivity index (χ0) is 20.4. The molecule has 7 nitrogen and oxygen atoms in total. The van der Waals surface area contributed by atoms with Crippen LogP contribution in [0.1, 0.15) is 15.9 Å². The number of aromatic nitrogens is 3. The van der Waals surface area contributed by atoms with E-state index in [1.165, 1.54) is 4.68 Å². The van der Waals surface area contributed by atoms with Crippen molar-refractivity contribution in [3.05, 3.63) is 76.8 Å².